The highest BCUT2D eigenvalue weighted by Gasteiger charge is 2.35. The zero-order valence-corrected chi connectivity index (χ0v) is 15.7. The Bertz CT molecular complexity index is 922. The third-order valence-electron chi connectivity index (χ3n) is 5.11. The van der Waals surface area contributed by atoms with Gasteiger partial charge in [0.1, 0.15) is 5.75 Å². The maximum atomic E-state index is 13.4. The van der Waals surface area contributed by atoms with Crippen molar-refractivity contribution >= 4 is 32.6 Å². The first kappa shape index (κ1) is 16.7. The van der Waals surface area contributed by atoms with Crippen molar-refractivity contribution in [1.82, 2.24) is 4.98 Å². The highest BCUT2D eigenvalue weighted by Crippen LogP contribution is 2.33. The van der Waals surface area contributed by atoms with Crippen LogP contribution in [0.4, 0.5) is 5.13 Å². The van der Waals surface area contributed by atoms with Gasteiger partial charge in [0.15, 0.2) is 11.2 Å². The fourth-order valence-electron chi connectivity index (χ4n) is 3.72. The van der Waals surface area contributed by atoms with E-state index in [1.54, 1.807) is 16.2 Å². The number of aromatic nitrogens is 1. The molecule has 3 heterocycles. The third-order valence-corrected chi connectivity index (χ3v) is 6.17. The molecule has 1 saturated heterocycles. The lowest BCUT2D eigenvalue weighted by atomic mass is 10.1. The Hall–Kier alpha value is -2.44. The zero-order valence-electron chi connectivity index (χ0n) is 14.8. The quantitative estimate of drug-likeness (QED) is 0.691. The van der Waals surface area contributed by atoms with Crippen LogP contribution in [0.25, 0.3) is 10.2 Å². The molecule has 2 aromatic carbocycles. The van der Waals surface area contributed by atoms with Crippen LogP contribution in [0.15, 0.2) is 48.5 Å². The van der Waals surface area contributed by atoms with Crippen molar-refractivity contribution in [3.63, 3.8) is 0 Å². The Labute approximate surface area is 161 Å². The second kappa shape index (κ2) is 6.94. The van der Waals surface area contributed by atoms with E-state index in [1.165, 1.54) is 0 Å². The molecule has 1 fully saturated rings. The van der Waals surface area contributed by atoms with Crippen LogP contribution >= 0.6 is 11.3 Å². The van der Waals surface area contributed by atoms with Gasteiger partial charge in [-0.1, -0.05) is 41.7 Å². The fraction of sp³-hybridized carbons (Fsp3) is 0.333. The molecule has 5 rings (SSSR count). The molecule has 0 bridgehead atoms. The number of rotatable bonds is 4. The van der Waals surface area contributed by atoms with Crippen LogP contribution in [0.2, 0.25) is 0 Å². The number of benzene rings is 2. The summed E-state index contributed by atoms with van der Waals surface area (Å²) in [6, 6.07) is 15.8. The number of hydrogen-bond donors (Lipinski definition) is 0. The van der Waals surface area contributed by atoms with Gasteiger partial charge in [0.2, 0.25) is 0 Å². The first-order valence-electron chi connectivity index (χ1n) is 9.31. The number of fused-ring (bicyclic) bond motifs is 2. The van der Waals surface area contributed by atoms with Crippen molar-refractivity contribution in [2.45, 2.75) is 31.5 Å². The lowest BCUT2D eigenvalue weighted by molar-refractivity contribution is -0.125. The second-order valence-corrected chi connectivity index (χ2v) is 7.98. The molecule has 1 amide bonds. The molecule has 2 aliphatic heterocycles. The van der Waals surface area contributed by atoms with Crippen molar-refractivity contribution in [2.75, 3.05) is 18.1 Å². The summed E-state index contributed by atoms with van der Waals surface area (Å²) in [7, 11) is 0. The van der Waals surface area contributed by atoms with Gasteiger partial charge < -0.3 is 9.47 Å². The summed E-state index contributed by atoms with van der Waals surface area (Å²) in [6.07, 6.45) is 2.17. The maximum absolute atomic E-state index is 13.4. The minimum absolute atomic E-state index is 0.0410. The van der Waals surface area contributed by atoms with Gasteiger partial charge >= 0.3 is 0 Å². The number of ether oxygens (including phenoxy) is 2. The molecule has 6 heteroatoms. The summed E-state index contributed by atoms with van der Waals surface area (Å²) in [5, 5.41) is 0.719. The summed E-state index contributed by atoms with van der Waals surface area (Å²) >= 11 is 1.54. The fourth-order valence-corrected chi connectivity index (χ4v) is 4.70. The van der Waals surface area contributed by atoms with Crippen molar-refractivity contribution < 1.29 is 14.3 Å². The molecular formula is C21H20N2O3S. The minimum atomic E-state index is -0.504. The molecule has 0 spiro atoms. The van der Waals surface area contributed by atoms with Crippen LogP contribution in [-0.2, 0) is 16.0 Å². The monoisotopic (exact) mass is 380 g/mol. The van der Waals surface area contributed by atoms with E-state index in [4.69, 9.17) is 14.5 Å². The van der Waals surface area contributed by atoms with E-state index < -0.39 is 6.10 Å². The standard InChI is InChI=1S/C21H20N2O3S/c24-20(18-12-14-6-1-3-9-17(14)26-18)23(13-15-7-5-11-25-15)21-22-16-8-2-4-10-19(16)27-21/h1-4,6,8-10,15,18H,5,7,11-13H2/t15-,18-/m0/s1. The number of amides is 1. The summed E-state index contributed by atoms with van der Waals surface area (Å²) in [6.45, 7) is 1.28. The molecule has 0 saturated carbocycles. The van der Waals surface area contributed by atoms with Gasteiger partial charge in [0, 0.05) is 13.0 Å². The first-order chi connectivity index (χ1) is 13.3. The van der Waals surface area contributed by atoms with E-state index in [1.807, 2.05) is 48.5 Å². The van der Waals surface area contributed by atoms with Gasteiger partial charge in [-0.3, -0.25) is 9.69 Å². The molecular weight excluding hydrogens is 360 g/mol. The van der Waals surface area contributed by atoms with Crippen LogP contribution in [0.3, 0.4) is 0 Å². The van der Waals surface area contributed by atoms with Crippen molar-refractivity contribution in [2.24, 2.45) is 0 Å². The number of anilines is 1. The molecule has 0 unspecified atom stereocenters. The summed E-state index contributed by atoms with van der Waals surface area (Å²) in [5.74, 6) is 0.762. The van der Waals surface area contributed by atoms with Gasteiger partial charge in [-0.25, -0.2) is 4.98 Å². The predicted octanol–water partition coefficient (Wildman–Crippen LogP) is 3.81. The highest BCUT2D eigenvalue weighted by molar-refractivity contribution is 7.22. The molecule has 1 aromatic heterocycles. The normalized spacial score (nSPS) is 21.2. The molecule has 2 atom stereocenters. The first-order valence-corrected chi connectivity index (χ1v) is 10.1. The topological polar surface area (TPSA) is 51.7 Å². The highest BCUT2D eigenvalue weighted by atomic mass is 32.1. The zero-order chi connectivity index (χ0) is 18.2. The van der Waals surface area contributed by atoms with Crippen LogP contribution < -0.4 is 9.64 Å². The number of carbonyl (C=O) groups excluding carboxylic acids is 1. The van der Waals surface area contributed by atoms with Crippen molar-refractivity contribution in [1.29, 1.82) is 0 Å². The minimum Gasteiger partial charge on any atom is -0.480 e. The van der Waals surface area contributed by atoms with E-state index in [0.29, 0.717) is 13.0 Å². The SMILES string of the molecule is O=C([C@@H]1Cc2ccccc2O1)N(C[C@@H]1CCCO1)c1nc2ccccc2s1. The number of nitrogens with zero attached hydrogens (tertiary/aromatic N) is 2. The van der Waals surface area contributed by atoms with Crippen LogP contribution in [0, 0.1) is 0 Å². The van der Waals surface area contributed by atoms with E-state index >= 15 is 0 Å². The van der Waals surface area contributed by atoms with Gasteiger partial charge in [0.05, 0.1) is 22.9 Å². The Morgan fingerprint density at radius 3 is 2.85 bits per heavy atom. The lowest BCUT2D eigenvalue weighted by Crippen LogP contribution is -2.45. The number of para-hydroxylation sites is 2. The Morgan fingerprint density at radius 2 is 2.04 bits per heavy atom. The van der Waals surface area contributed by atoms with Gasteiger partial charge in [-0.15, -0.1) is 0 Å². The molecule has 2 aliphatic rings. The number of hydrogen-bond acceptors (Lipinski definition) is 5. The molecule has 0 aliphatic carbocycles. The molecule has 3 aromatic rings. The Morgan fingerprint density at radius 1 is 1.19 bits per heavy atom. The van der Waals surface area contributed by atoms with Gasteiger partial charge in [0.25, 0.3) is 5.91 Å². The molecule has 27 heavy (non-hydrogen) atoms. The van der Waals surface area contributed by atoms with Gasteiger partial charge in [-0.2, -0.15) is 0 Å². The van der Waals surface area contributed by atoms with Crippen molar-refractivity contribution in [3.05, 3.63) is 54.1 Å². The average molecular weight is 380 g/mol. The number of thiazole rings is 1. The summed E-state index contributed by atoms with van der Waals surface area (Å²) < 4.78 is 12.8. The molecule has 138 valence electrons. The second-order valence-electron chi connectivity index (χ2n) is 6.97. The molecule has 0 N–H and O–H groups in total. The van der Waals surface area contributed by atoms with Crippen LogP contribution in [-0.4, -0.2) is 36.3 Å². The molecule has 5 nitrogen and oxygen atoms in total. The van der Waals surface area contributed by atoms with Crippen molar-refractivity contribution in [3.8, 4) is 5.75 Å². The Balaban J connectivity index is 1.45. The molecule has 0 radical (unpaired) electrons. The average Bonchev–Trinajstić information content (AvgIpc) is 3.44. The van der Waals surface area contributed by atoms with E-state index in [9.17, 15) is 4.79 Å². The largest absolute Gasteiger partial charge is 0.480 e. The lowest BCUT2D eigenvalue weighted by Gasteiger charge is -2.25. The van der Waals surface area contributed by atoms with Gasteiger partial charge in [-0.05, 0) is 36.6 Å². The summed E-state index contributed by atoms with van der Waals surface area (Å²) in [4.78, 5) is 19.9. The Kier molecular flexibility index (Phi) is 4.30. The predicted molar refractivity (Wildman–Crippen MR) is 106 cm³/mol. The van der Waals surface area contributed by atoms with Crippen LogP contribution in [0.5, 0.6) is 5.75 Å². The number of carbonyl (C=O) groups is 1. The third kappa shape index (κ3) is 3.19. The maximum Gasteiger partial charge on any atom is 0.270 e. The summed E-state index contributed by atoms with van der Waals surface area (Å²) in [5.41, 5.74) is 2.00. The van der Waals surface area contributed by atoms with E-state index in [2.05, 4.69) is 0 Å². The van der Waals surface area contributed by atoms with Crippen LogP contribution in [0.1, 0.15) is 18.4 Å². The van der Waals surface area contributed by atoms with E-state index in [0.717, 1.165) is 46.1 Å². The van der Waals surface area contributed by atoms with E-state index in [-0.39, 0.29) is 12.0 Å². The smallest absolute Gasteiger partial charge is 0.270 e.